The molecule has 1 aliphatic rings. The van der Waals surface area contributed by atoms with Crippen molar-refractivity contribution in [2.75, 3.05) is 6.79 Å². The van der Waals surface area contributed by atoms with Crippen LogP contribution in [0.3, 0.4) is 0 Å². The Morgan fingerprint density at radius 1 is 0.833 bits per heavy atom. The predicted molar refractivity (Wildman–Crippen MR) is 135 cm³/mol. The Bertz CT molecular complexity index is 1780. The van der Waals surface area contributed by atoms with Crippen LogP contribution in [0.1, 0.15) is 11.4 Å². The van der Waals surface area contributed by atoms with Crippen molar-refractivity contribution in [2.24, 2.45) is 0 Å². The maximum absolute atomic E-state index is 13.9. The molecule has 6 rings (SSSR count). The molecule has 0 radical (unpaired) electrons. The fraction of sp³-hybridized carbons (Fsp3) is 0.111. The lowest BCUT2D eigenvalue weighted by Gasteiger charge is -2.22. The Labute approximate surface area is 206 Å². The largest absolute Gasteiger partial charge is 0.454 e. The molecule has 5 aromatic rings. The van der Waals surface area contributed by atoms with Gasteiger partial charge in [-0.25, -0.2) is 13.4 Å². The molecular formula is C27H21N3O5S. The lowest BCUT2D eigenvalue weighted by molar-refractivity contribution is 0.174. The highest BCUT2D eigenvalue weighted by molar-refractivity contribution is 7.89. The van der Waals surface area contributed by atoms with E-state index in [4.69, 9.17) is 9.47 Å². The number of nitrogens with zero attached hydrogens (tertiary/aromatic N) is 2. The quantitative estimate of drug-likeness (QED) is 0.376. The van der Waals surface area contributed by atoms with E-state index in [0.717, 1.165) is 10.8 Å². The monoisotopic (exact) mass is 499 g/mol. The molecule has 1 aromatic heterocycles. The van der Waals surface area contributed by atoms with Crippen LogP contribution in [-0.4, -0.2) is 29.5 Å². The van der Waals surface area contributed by atoms with Crippen molar-refractivity contribution in [3.8, 4) is 11.5 Å². The van der Waals surface area contributed by atoms with Crippen LogP contribution < -0.4 is 15.0 Å². The summed E-state index contributed by atoms with van der Waals surface area (Å²) in [5.41, 5.74) is 0.899. The molecule has 9 heteroatoms. The molecule has 4 aromatic carbocycles. The number of sulfonamides is 1. The van der Waals surface area contributed by atoms with E-state index in [1.807, 2.05) is 24.3 Å². The third kappa shape index (κ3) is 4.08. The molecule has 0 saturated carbocycles. The molecule has 0 atom stereocenters. The van der Waals surface area contributed by atoms with Crippen LogP contribution in [0.25, 0.3) is 21.7 Å². The summed E-state index contributed by atoms with van der Waals surface area (Å²) in [6, 6.07) is 24.9. The van der Waals surface area contributed by atoms with Crippen LogP contribution in [0.4, 0.5) is 0 Å². The topological polar surface area (TPSA) is 102 Å². The van der Waals surface area contributed by atoms with Gasteiger partial charge >= 0.3 is 0 Å². The molecule has 1 aliphatic heterocycles. The highest BCUT2D eigenvalue weighted by Gasteiger charge is 2.27. The molecule has 1 N–H and O–H groups in total. The summed E-state index contributed by atoms with van der Waals surface area (Å²) in [6.45, 7) is 0.0478. The van der Waals surface area contributed by atoms with Crippen molar-refractivity contribution < 1.29 is 17.9 Å². The van der Waals surface area contributed by atoms with E-state index in [2.05, 4.69) is 9.97 Å². The molecular weight excluding hydrogens is 478 g/mol. The van der Waals surface area contributed by atoms with Gasteiger partial charge in [0, 0.05) is 6.54 Å². The van der Waals surface area contributed by atoms with Gasteiger partial charge in [0.05, 0.1) is 22.3 Å². The van der Waals surface area contributed by atoms with Crippen LogP contribution >= 0.6 is 0 Å². The average Bonchev–Trinajstić information content (AvgIpc) is 3.36. The van der Waals surface area contributed by atoms with Gasteiger partial charge in [0.25, 0.3) is 5.56 Å². The zero-order chi connectivity index (χ0) is 24.7. The number of fused-ring (bicyclic) bond motifs is 3. The maximum atomic E-state index is 13.9. The lowest BCUT2D eigenvalue weighted by atomic mass is 10.1. The molecule has 0 aliphatic carbocycles. The van der Waals surface area contributed by atoms with Gasteiger partial charge in [0.15, 0.2) is 11.5 Å². The number of hydrogen-bond acceptors (Lipinski definition) is 6. The molecule has 2 heterocycles. The Morgan fingerprint density at radius 2 is 1.61 bits per heavy atom. The third-order valence-electron chi connectivity index (χ3n) is 6.14. The van der Waals surface area contributed by atoms with E-state index in [0.29, 0.717) is 28.0 Å². The molecule has 36 heavy (non-hydrogen) atoms. The summed E-state index contributed by atoms with van der Waals surface area (Å²) in [5, 5.41) is 2.21. The Hall–Kier alpha value is -4.21. The van der Waals surface area contributed by atoms with Gasteiger partial charge in [-0.3, -0.25) is 4.79 Å². The van der Waals surface area contributed by atoms with E-state index >= 15 is 0 Å². The van der Waals surface area contributed by atoms with E-state index in [-0.39, 0.29) is 36.2 Å². The predicted octanol–water partition coefficient (Wildman–Crippen LogP) is 4.20. The van der Waals surface area contributed by atoms with Gasteiger partial charge in [-0.15, -0.1) is 0 Å². The first kappa shape index (κ1) is 22.3. The lowest BCUT2D eigenvalue weighted by Crippen LogP contribution is -2.32. The molecule has 0 amide bonds. The summed E-state index contributed by atoms with van der Waals surface area (Å²) in [6.07, 6.45) is 0. The number of aromatic amines is 1. The average molecular weight is 500 g/mol. The number of hydrogen-bond donors (Lipinski definition) is 1. The van der Waals surface area contributed by atoms with E-state index in [1.165, 1.54) is 4.31 Å². The number of ether oxygens (including phenoxy) is 2. The number of rotatable bonds is 6. The van der Waals surface area contributed by atoms with Crippen LogP contribution in [0, 0.1) is 0 Å². The van der Waals surface area contributed by atoms with Crippen molar-refractivity contribution in [3.05, 3.63) is 107 Å². The van der Waals surface area contributed by atoms with Gasteiger partial charge in [0.2, 0.25) is 16.8 Å². The van der Waals surface area contributed by atoms with Gasteiger partial charge in [-0.1, -0.05) is 48.5 Å². The number of aromatic nitrogens is 2. The summed E-state index contributed by atoms with van der Waals surface area (Å²) in [5.74, 6) is 1.43. The molecule has 0 unspecified atom stereocenters. The van der Waals surface area contributed by atoms with Gasteiger partial charge < -0.3 is 14.5 Å². The normalized spacial score (nSPS) is 13.0. The van der Waals surface area contributed by atoms with Crippen LogP contribution in [0.2, 0.25) is 0 Å². The summed E-state index contributed by atoms with van der Waals surface area (Å²) in [7, 11) is -3.97. The Balaban J connectivity index is 1.42. The number of nitrogens with one attached hydrogen (secondary N) is 1. The fourth-order valence-electron chi connectivity index (χ4n) is 4.32. The molecule has 0 fully saturated rings. The minimum absolute atomic E-state index is 0.0440. The first-order chi connectivity index (χ1) is 17.5. The van der Waals surface area contributed by atoms with Crippen molar-refractivity contribution in [3.63, 3.8) is 0 Å². The molecule has 0 spiro atoms. The van der Waals surface area contributed by atoms with E-state index in [9.17, 15) is 13.2 Å². The van der Waals surface area contributed by atoms with Gasteiger partial charge in [0.1, 0.15) is 5.82 Å². The fourth-order valence-corrected chi connectivity index (χ4v) is 5.75. The summed E-state index contributed by atoms with van der Waals surface area (Å²) in [4.78, 5) is 20.1. The Morgan fingerprint density at radius 3 is 2.50 bits per heavy atom. The minimum atomic E-state index is -3.97. The van der Waals surface area contributed by atoms with Crippen molar-refractivity contribution in [1.82, 2.24) is 14.3 Å². The first-order valence-electron chi connectivity index (χ1n) is 11.3. The second-order valence-corrected chi connectivity index (χ2v) is 10.4. The zero-order valence-corrected chi connectivity index (χ0v) is 19.9. The number of para-hydroxylation sites is 1. The molecule has 0 saturated heterocycles. The zero-order valence-electron chi connectivity index (χ0n) is 19.0. The Kier molecular flexibility index (Phi) is 5.43. The van der Waals surface area contributed by atoms with Crippen LogP contribution in [-0.2, 0) is 23.1 Å². The van der Waals surface area contributed by atoms with Crippen LogP contribution in [0.5, 0.6) is 11.5 Å². The first-order valence-corrected chi connectivity index (χ1v) is 12.8. The van der Waals surface area contributed by atoms with E-state index < -0.39 is 10.0 Å². The van der Waals surface area contributed by atoms with Crippen molar-refractivity contribution in [2.45, 2.75) is 18.0 Å². The number of benzene rings is 4. The standard InChI is InChI=1S/C27H21N3O5S/c31-27-22-7-3-4-8-23(22)28-26(29-27)16-30(15-18-9-12-24-25(13-18)35-17-34-24)36(32,33)21-11-10-19-5-1-2-6-20(19)14-21/h1-14H,15-17H2,(H,28,29,31). The molecule has 180 valence electrons. The molecule has 0 bridgehead atoms. The highest BCUT2D eigenvalue weighted by Crippen LogP contribution is 2.33. The third-order valence-corrected chi connectivity index (χ3v) is 7.93. The van der Waals surface area contributed by atoms with Crippen molar-refractivity contribution in [1.29, 1.82) is 0 Å². The highest BCUT2D eigenvalue weighted by atomic mass is 32.2. The van der Waals surface area contributed by atoms with Crippen molar-refractivity contribution >= 4 is 31.7 Å². The summed E-state index contributed by atoms with van der Waals surface area (Å²) < 4.78 is 40.0. The maximum Gasteiger partial charge on any atom is 0.258 e. The SMILES string of the molecule is O=c1[nH]c(CN(Cc2ccc3c(c2)OCO3)S(=O)(=O)c2ccc3ccccc3c2)nc2ccccc12. The second kappa shape index (κ2) is 8.78. The smallest absolute Gasteiger partial charge is 0.258 e. The number of H-pyrrole nitrogens is 1. The van der Waals surface area contributed by atoms with E-state index in [1.54, 1.807) is 60.7 Å². The van der Waals surface area contributed by atoms with Gasteiger partial charge in [-0.2, -0.15) is 4.31 Å². The second-order valence-electron chi connectivity index (χ2n) is 8.50. The molecule has 8 nitrogen and oxygen atoms in total. The van der Waals surface area contributed by atoms with Gasteiger partial charge in [-0.05, 0) is 52.7 Å². The summed E-state index contributed by atoms with van der Waals surface area (Å²) >= 11 is 0. The van der Waals surface area contributed by atoms with Crippen LogP contribution in [0.15, 0.2) is 94.6 Å². The minimum Gasteiger partial charge on any atom is -0.454 e.